The zero-order valence-corrected chi connectivity index (χ0v) is 8.35. The van der Waals surface area contributed by atoms with Crippen LogP contribution in [0.2, 0.25) is 0 Å². The summed E-state index contributed by atoms with van der Waals surface area (Å²) in [6, 6.07) is 0. The molecule has 0 aliphatic carbocycles. The van der Waals surface area contributed by atoms with E-state index in [9.17, 15) is 0 Å². The molecule has 0 aromatic carbocycles. The summed E-state index contributed by atoms with van der Waals surface area (Å²) in [4.78, 5) is 0. The summed E-state index contributed by atoms with van der Waals surface area (Å²) in [6.45, 7) is 0. The van der Waals surface area contributed by atoms with E-state index in [-0.39, 0.29) is 72.0 Å². The van der Waals surface area contributed by atoms with Crippen LogP contribution in [0.1, 0.15) is 0 Å². The summed E-state index contributed by atoms with van der Waals surface area (Å²) in [6.07, 6.45) is 0. The summed E-state index contributed by atoms with van der Waals surface area (Å²) in [5.41, 5.74) is 0. The van der Waals surface area contributed by atoms with Crippen LogP contribution in [0.4, 0.5) is 0 Å². The normalized spacial score (nSPS) is 0. The minimum Gasteiger partial charge on any atom is 0 e. The molecule has 0 rings (SSSR count). The largest absolute Gasteiger partial charge is 0.146 e. The molecule has 4 heavy (non-hydrogen) atoms. The molecule has 0 aliphatic heterocycles. The van der Waals surface area contributed by atoms with Crippen molar-refractivity contribution in [2.45, 2.75) is 0 Å². The fourth-order valence-electron chi connectivity index (χ4n) is 0. The van der Waals surface area contributed by atoms with Gasteiger partial charge in [-0.05, 0) is 0 Å². The summed E-state index contributed by atoms with van der Waals surface area (Å²) >= 11 is 0. The zero-order chi connectivity index (χ0) is 0. The predicted octanol–water partition coefficient (Wildman–Crippen LogP) is -0.924. The van der Waals surface area contributed by atoms with Gasteiger partial charge in [0.2, 0.25) is 0 Å². The van der Waals surface area contributed by atoms with E-state index < -0.39 is 0 Å². The number of hydrogen-bond donors (Lipinski definition) is 0. The summed E-state index contributed by atoms with van der Waals surface area (Å²) in [5.74, 6) is 0. The Balaban J connectivity index is 0. The maximum Gasteiger partial charge on any atom is 0.146 e. The average Bonchev–Trinajstić information content (AvgIpc) is 0. The summed E-state index contributed by atoms with van der Waals surface area (Å²) in [7, 11) is 0. The average molecular weight is 339 g/mol. The van der Waals surface area contributed by atoms with Crippen molar-refractivity contribution in [3.8, 4) is 0 Å². The second-order valence-corrected chi connectivity index (χ2v) is 0. The van der Waals surface area contributed by atoms with E-state index >= 15 is 0 Å². The Bertz CT molecular complexity index is 8.00. The Morgan fingerprint density at radius 1 is 1.00 bits per heavy atom. The smallest absolute Gasteiger partial charge is 0 e. The van der Waals surface area contributed by atoms with E-state index in [1.54, 1.807) is 0 Å². The van der Waals surface area contributed by atoms with Crippen molar-refractivity contribution in [2.24, 2.45) is 0 Å². The fraction of sp³-hybridized carbons (Fsp3) is 0. The van der Waals surface area contributed by atoms with Gasteiger partial charge >= 0.3 is 0 Å². The van der Waals surface area contributed by atoms with Crippen LogP contribution in [0.25, 0.3) is 0 Å². The van der Waals surface area contributed by atoms with Gasteiger partial charge in [0.05, 0.1) is 0 Å². The topological polar surface area (TPSA) is 0 Å². The van der Waals surface area contributed by atoms with Gasteiger partial charge < -0.3 is 0 Å². The van der Waals surface area contributed by atoms with Crippen molar-refractivity contribution in [2.75, 3.05) is 0 Å². The third kappa shape index (κ3) is 8.87. The first-order valence-corrected chi connectivity index (χ1v) is 0. The maximum absolute atomic E-state index is 0. The van der Waals surface area contributed by atoms with E-state index in [1.165, 1.54) is 0 Å². The van der Waals surface area contributed by atoms with Gasteiger partial charge in [-0.1, -0.05) is 0 Å². The molecule has 0 heterocycles. The van der Waals surface area contributed by atoms with E-state index in [1.807, 2.05) is 0 Å². The van der Waals surface area contributed by atoms with Gasteiger partial charge in [-0.25, -0.2) is 0 Å². The molecule has 0 N–H and O–H groups in total. The summed E-state index contributed by atoms with van der Waals surface area (Å²) < 4.78 is 0. The molecule has 4 heteroatoms. The van der Waals surface area contributed by atoms with E-state index in [0.717, 1.165) is 0 Å². The molecule has 0 aromatic rings. The van der Waals surface area contributed by atoms with Crippen molar-refractivity contribution in [1.82, 2.24) is 0 Å². The van der Waals surface area contributed by atoms with E-state index in [0.29, 0.717) is 0 Å². The Morgan fingerprint density at radius 3 is 1.00 bits per heavy atom. The van der Waals surface area contributed by atoms with Crippen LogP contribution >= 0.6 is 0 Å². The monoisotopic (exact) mass is 338 g/mol. The molecule has 0 bridgehead atoms. The third-order valence-corrected chi connectivity index (χ3v) is 0. The van der Waals surface area contributed by atoms with Gasteiger partial charge in [-0.15, -0.1) is 0 Å². The molecular formula is H2AlFeNiPt. The second kappa shape index (κ2) is 18.8. The van der Waals surface area contributed by atoms with Crippen LogP contribution in [-0.2, 0) is 54.6 Å². The van der Waals surface area contributed by atoms with Gasteiger partial charge in [0.25, 0.3) is 0 Å². The van der Waals surface area contributed by atoms with Crippen LogP contribution in [-0.4, -0.2) is 17.4 Å². The Kier molecular flexibility index (Phi) is 161. The van der Waals surface area contributed by atoms with Crippen LogP contribution in [0.5, 0.6) is 0 Å². The fourth-order valence-corrected chi connectivity index (χ4v) is 0. The predicted molar refractivity (Wildman–Crippen MR) is 8.54 cm³/mol. The van der Waals surface area contributed by atoms with E-state index in [4.69, 9.17) is 0 Å². The molecule has 0 saturated carbocycles. The minimum absolute atomic E-state index is 0. The Labute approximate surface area is 71.3 Å². The number of hydrogen-bond acceptors (Lipinski definition) is 0. The Morgan fingerprint density at radius 2 is 1.00 bits per heavy atom. The van der Waals surface area contributed by atoms with Gasteiger partial charge in [-0.2, -0.15) is 0 Å². The molecule has 33 valence electrons. The van der Waals surface area contributed by atoms with Crippen molar-refractivity contribution >= 4 is 17.4 Å². The first-order valence-electron chi connectivity index (χ1n) is 0. The van der Waals surface area contributed by atoms with Crippen molar-refractivity contribution < 1.29 is 54.6 Å². The molecule has 1 radical (unpaired) electrons. The zero-order valence-electron chi connectivity index (χ0n) is 1.99. The van der Waals surface area contributed by atoms with Crippen LogP contribution in [0.15, 0.2) is 0 Å². The van der Waals surface area contributed by atoms with Gasteiger partial charge in [0, 0.05) is 54.6 Å². The third-order valence-electron chi connectivity index (χ3n) is 0. The van der Waals surface area contributed by atoms with Gasteiger partial charge in [0.1, 0.15) is 17.4 Å². The maximum atomic E-state index is 0. The van der Waals surface area contributed by atoms with Crippen molar-refractivity contribution in [1.29, 1.82) is 0 Å². The molecule has 0 atom stereocenters. The molecule has 0 spiro atoms. The van der Waals surface area contributed by atoms with Crippen LogP contribution < -0.4 is 0 Å². The Hall–Kier alpha value is 2.23. The first kappa shape index (κ1) is 34.2. The van der Waals surface area contributed by atoms with Crippen LogP contribution in [0.3, 0.4) is 0 Å². The molecule has 0 fully saturated rings. The SMILES string of the molecule is [AlH2].[Fe].[Ni].[Pt]. The molecule has 0 aromatic heterocycles. The molecule has 0 unspecified atom stereocenters. The standard InChI is InChI=1S/Al.Fe.Ni.Pt.2H. The molecule has 0 amide bonds. The van der Waals surface area contributed by atoms with E-state index in [2.05, 4.69) is 0 Å². The molecule has 0 saturated heterocycles. The van der Waals surface area contributed by atoms with Crippen LogP contribution in [0, 0.1) is 0 Å². The van der Waals surface area contributed by atoms with Crippen molar-refractivity contribution in [3.63, 3.8) is 0 Å². The summed E-state index contributed by atoms with van der Waals surface area (Å²) in [5, 5.41) is 0. The quantitative estimate of drug-likeness (QED) is 0.501. The molecule has 0 nitrogen and oxygen atoms in total. The van der Waals surface area contributed by atoms with Gasteiger partial charge in [-0.3, -0.25) is 0 Å². The van der Waals surface area contributed by atoms with Crippen molar-refractivity contribution in [3.05, 3.63) is 0 Å². The second-order valence-electron chi connectivity index (χ2n) is 0. The van der Waals surface area contributed by atoms with Gasteiger partial charge in [0.15, 0.2) is 0 Å². The number of rotatable bonds is 0. The molecule has 0 aliphatic rings. The first-order chi connectivity index (χ1) is 0. The molecular weight excluding hydrogens is 337 g/mol. The minimum atomic E-state index is 0.